The van der Waals surface area contributed by atoms with Crippen molar-refractivity contribution < 1.29 is 23.8 Å². The molecule has 0 aromatic heterocycles. The van der Waals surface area contributed by atoms with Crippen LogP contribution in [0.4, 0.5) is 0 Å². The van der Waals surface area contributed by atoms with Gasteiger partial charge in [-0.15, -0.1) is 0 Å². The van der Waals surface area contributed by atoms with Gasteiger partial charge in [-0.05, 0) is 19.1 Å². The Hall–Kier alpha value is -2.04. The highest BCUT2D eigenvalue weighted by molar-refractivity contribution is 5.92. The van der Waals surface area contributed by atoms with Gasteiger partial charge < -0.3 is 14.2 Å². The van der Waals surface area contributed by atoms with Crippen LogP contribution in [0.3, 0.4) is 0 Å². The maximum atomic E-state index is 11.4. The second-order valence-corrected chi connectivity index (χ2v) is 3.27. The Kier molecular flexibility index (Phi) is 8.00. The second kappa shape index (κ2) is 8.97. The summed E-state index contributed by atoms with van der Waals surface area (Å²) in [6.07, 6.45) is -0.786. The molecule has 5 heteroatoms. The van der Waals surface area contributed by atoms with E-state index in [2.05, 4.69) is 9.47 Å². The first-order chi connectivity index (χ1) is 9.10. The van der Waals surface area contributed by atoms with Gasteiger partial charge in [-0.3, -0.25) is 0 Å². The number of benzene rings is 1. The molecule has 0 heterocycles. The van der Waals surface area contributed by atoms with Gasteiger partial charge in [0, 0.05) is 0 Å². The molecule has 0 radical (unpaired) electrons. The quantitative estimate of drug-likeness (QED) is 0.785. The number of para-hydroxylation sites is 1. The number of rotatable bonds is 4. The first kappa shape index (κ1) is 17.0. The molecule has 5 nitrogen and oxygen atoms in total. The highest BCUT2D eigenvalue weighted by atomic mass is 16.6. The van der Waals surface area contributed by atoms with E-state index in [1.54, 1.807) is 31.2 Å². The van der Waals surface area contributed by atoms with E-state index in [0.29, 0.717) is 0 Å². The lowest BCUT2D eigenvalue weighted by atomic mass is 10.2. The number of hydrogen-bond donors (Lipinski definition) is 0. The van der Waals surface area contributed by atoms with Crippen LogP contribution in [-0.4, -0.2) is 32.3 Å². The standard InChI is InChI=1S/C12H14O5.C2H6/c1-8(11(13)15-2)17-10-7-5-4-6-9(10)12(14)16-3;1-2/h4-8H,1-3H3;1-2H3. The number of ether oxygens (including phenoxy) is 3. The SMILES string of the molecule is CC.COC(=O)c1ccccc1OC(C)C(=O)OC. The fourth-order valence-corrected chi connectivity index (χ4v) is 1.25. The average molecular weight is 268 g/mol. The first-order valence-corrected chi connectivity index (χ1v) is 6.02. The zero-order valence-corrected chi connectivity index (χ0v) is 11.9. The van der Waals surface area contributed by atoms with Crippen molar-refractivity contribution in [2.24, 2.45) is 0 Å². The molecule has 1 atom stereocenters. The summed E-state index contributed by atoms with van der Waals surface area (Å²) in [5.74, 6) is -0.736. The van der Waals surface area contributed by atoms with Crippen LogP contribution in [0.15, 0.2) is 24.3 Å². The molecule has 0 fully saturated rings. The van der Waals surface area contributed by atoms with Crippen LogP contribution in [-0.2, 0) is 14.3 Å². The lowest BCUT2D eigenvalue weighted by Crippen LogP contribution is -2.25. The minimum Gasteiger partial charge on any atom is -0.478 e. The van der Waals surface area contributed by atoms with Crippen molar-refractivity contribution in [3.05, 3.63) is 29.8 Å². The van der Waals surface area contributed by atoms with Crippen molar-refractivity contribution in [1.29, 1.82) is 0 Å². The van der Waals surface area contributed by atoms with Crippen LogP contribution in [0.25, 0.3) is 0 Å². The lowest BCUT2D eigenvalue weighted by molar-refractivity contribution is -0.147. The zero-order chi connectivity index (χ0) is 14.8. The molecule has 0 N–H and O–H groups in total. The van der Waals surface area contributed by atoms with Gasteiger partial charge in [0.2, 0.25) is 0 Å². The van der Waals surface area contributed by atoms with Gasteiger partial charge in [0.15, 0.2) is 6.10 Å². The molecule has 1 unspecified atom stereocenters. The smallest absolute Gasteiger partial charge is 0.346 e. The number of carbonyl (C=O) groups is 2. The van der Waals surface area contributed by atoms with Crippen molar-refractivity contribution >= 4 is 11.9 Å². The Morgan fingerprint density at radius 3 is 2.16 bits per heavy atom. The Bertz CT molecular complexity index is 414. The van der Waals surface area contributed by atoms with Gasteiger partial charge in [0.1, 0.15) is 11.3 Å². The zero-order valence-electron chi connectivity index (χ0n) is 11.9. The molecule has 0 spiro atoms. The summed E-state index contributed by atoms with van der Waals surface area (Å²) < 4.78 is 14.5. The van der Waals surface area contributed by atoms with E-state index < -0.39 is 18.0 Å². The average Bonchev–Trinajstić information content (AvgIpc) is 2.48. The van der Waals surface area contributed by atoms with Crippen LogP contribution in [0.1, 0.15) is 31.1 Å². The van der Waals surface area contributed by atoms with E-state index in [1.165, 1.54) is 14.2 Å². The van der Waals surface area contributed by atoms with Gasteiger partial charge in [0.25, 0.3) is 0 Å². The lowest BCUT2D eigenvalue weighted by Gasteiger charge is -2.14. The van der Waals surface area contributed by atoms with Gasteiger partial charge in [-0.25, -0.2) is 9.59 Å². The highest BCUT2D eigenvalue weighted by Gasteiger charge is 2.19. The molecular formula is C14H20O5. The van der Waals surface area contributed by atoms with Crippen LogP contribution < -0.4 is 4.74 Å². The number of methoxy groups -OCH3 is 2. The third-order valence-corrected chi connectivity index (χ3v) is 2.13. The maximum Gasteiger partial charge on any atom is 0.346 e. The van der Waals surface area contributed by atoms with Crippen molar-refractivity contribution in [3.8, 4) is 5.75 Å². The third-order valence-electron chi connectivity index (χ3n) is 2.13. The Morgan fingerprint density at radius 2 is 1.63 bits per heavy atom. The summed E-state index contributed by atoms with van der Waals surface area (Å²) in [4.78, 5) is 22.6. The topological polar surface area (TPSA) is 61.8 Å². The molecule has 0 saturated carbocycles. The van der Waals surface area contributed by atoms with E-state index >= 15 is 0 Å². The number of esters is 2. The molecule has 0 aliphatic carbocycles. The summed E-state index contributed by atoms with van der Waals surface area (Å²) in [7, 11) is 2.55. The molecule has 106 valence electrons. The summed E-state index contributed by atoms with van der Waals surface area (Å²) in [5.41, 5.74) is 0.269. The Labute approximate surface area is 113 Å². The van der Waals surface area contributed by atoms with Crippen LogP contribution in [0.2, 0.25) is 0 Å². The van der Waals surface area contributed by atoms with Gasteiger partial charge >= 0.3 is 11.9 Å². The molecule has 0 aliphatic rings. The van der Waals surface area contributed by atoms with E-state index in [-0.39, 0.29) is 11.3 Å². The largest absolute Gasteiger partial charge is 0.478 e. The molecular weight excluding hydrogens is 248 g/mol. The van der Waals surface area contributed by atoms with E-state index in [0.717, 1.165) is 0 Å². The van der Waals surface area contributed by atoms with Gasteiger partial charge in [0.05, 0.1) is 14.2 Å². The van der Waals surface area contributed by atoms with Crippen molar-refractivity contribution in [2.75, 3.05) is 14.2 Å². The minimum atomic E-state index is -0.786. The summed E-state index contributed by atoms with van der Waals surface area (Å²) in [6, 6.07) is 6.53. The van der Waals surface area contributed by atoms with Crippen LogP contribution >= 0.6 is 0 Å². The monoisotopic (exact) mass is 268 g/mol. The summed E-state index contributed by atoms with van der Waals surface area (Å²) >= 11 is 0. The van der Waals surface area contributed by atoms with Crippen molar-refractivity contribution in [1.82, 2.24) is 0 Å². The van der Waals surface area contributed by atoms with Crippen LogP contribution in [0, 0.1) is 0 Å². The number of hydrogen-bond acceptors (Lipinski definition) is 5. The van der Waals surface area contributed by atoms with Crippen molar-refractivity contribution in [3.63, 3.8) is 0 Å². The molecule has 1 rings (SSSR count). The molecule has 0 amide bonds. The van der Waals surface area contributed by atoms with E-state index in [4.69, 9.17) is 4.74 Å². The van der Waals surface area contributed by atoms with Crippen LogP contribution in [0.5, 0.6) is 5.75 Å². The highest BCUT2D eigenvalue weighted by Crippen LogP contribution is 2.20. The van der Waals surface area contributed by atoms with Gasteiger partial charge in [-0.2, -0.15) is 0 Å². The molecule has 0 bridgehead atoms. The Balaban J connectivity index is 0.00000154. The van der Waals surface area contributed by atoms with E-state index in [9.17, 15) is 9.59 Å². The summed E-state index contributed by atoms with van der Waals surface area (Å²) in [6.45, 7) is 5.54. The molecule has 0 aliphatic heterocycles. The van der Waals surface area contributed by atoms with Gasteiger partial charge in [-0.1, -0.05) is 26.0 Å². The fraction of sp³-hybridized carbons (Fsp3) is 0.429. The Morgan fingerprint density at radius 1 is 1.05 bits per heavy atom. The number of carbonyl (C=O) groups excluding carboxylic acids is 2. The molecule has 19 heavy (non-hydrogen) atoms. The van der Waals surface area contributed by atoms with Crippen molar-refractivity contribution in [2.45, 2.75) is 26.9 Å². The third kappa shape index (κ3) is 4.99. The summed E-state index contributed by atoms with van der Waals surface area (Å²) in [5, 5.41) is 0. The molecule has 1 aromatic rings. The predicted molar refractivity (Wildman–Crippen MR) is 71.2 cm³/mol. The van der Waals surface area contributed by atoms with E-state index in [1.807, 2.05) is 13.8 Å². The predicted octanol–water partition coefficient (Wildman–Crippen LogP) is 2.44. The first-order valence-electron chi connectivity index (χ1n) is 6.02. The minimum absolute atomic E-state index is 0.269. The fourth-order valence-electron chi connectivity index (χ4n) is 1.25. The normalized spacial score (nSPS) is 10.6. The molecule has 0 saturated heterocycles. The molecule has 1 aromatic carbocycles. The second-order valence-electron chi connectivity index (χ2n) is 3.27. The maximum absolute atomic E-state index is 11.4.